The number of fused-ring (bicyclic) bond motifs is 1. The van der Waals surface area contributed by atoms with Crippen LogP contribution in [0.1, 0.15) is 15.9 Å². The molecule has 0 spiro atoms. The minimum absolute atomic E-state index is 0.0961. The molecular weight excluding hydrogens is 356 g/mol. The van der Waals surface area contributed by atoms with Crippen molar-refractivity contribution in [2.24, 2.45) is 0 Å². The molecule has 1 amide bonds. The van der Waals surface area contributed by atoms with E-state index >= 15 is 0 Å². The van der Waals surface area contributed by atoms with Crippen LogP contribution in [0, 0.1) is 6.92 Å². The highest BCUT2D eigenvalue weighted by Crippen LogP contribution is 2.36. The molecule has 3 aromatic carbocycles. The van der Waals surface area contributed by atoms with Crippen LogP contribution in [0.15, 0.2) is 53.4 Å². The molecule has 134 valence electrons. The van der Waals surface area contributed by atoms with Gasteiger partial charge in [0.1, 0.15) is 10.6 Å². The van der Waals surface area contributed by atoms with Gasteiger partial charge >= 0.3 is 0 Å². The van der Waals surface area contributed by atoms with Gasteiger partial charge < -0.3 is 16.2 Å². The van der Waals surface area contributed by atoms with E-state index in [1.165, 1.54) is 6.07 Å². The zero-order chi connectivity index (χ0) is 19.1. The number of phenols is 1. The number of anilines is 2. The van der Waals surface area contributed by atoms with E-state index in [1.54, 1.807) is 43.3 Å². The lowest BCUT2D eigenvalue weighted by atomic mass is 10.1. The number of carbonyl (C=O) groups is 1. The largest absolute Gasteiger partial charge is 0.506 e. The Hall–Kier alpha value is -3.10. The van der Waals surface area contributed by atoms with Gasteiger partial charge in [-0.1, -0.05) is 24.3 Å². The van der Waals surface area contributed by atoms with Gasteiger partial charge in [-0.2, -0.15) is 8.42 Å². The van der Waals surface area contributed by atoms with Gasteiger partial charge in [-0.3, -0.25) is 9.35 Å². The molecule has 0 saturated heterocycles. The summed E-state index contributed by atoms with van der Waals surface area (Å²) in [6.07, 6.45) is 0. The van der Waals surface area contributed by atoms with E-state index in [2.05, 4.69) is 5.32 Å². The summed E-state index contributed by atoms with van der Waals surface area (Å²) in [5, 5.41) is 13.2. The number of nitrogens with two attached hydrogens (primary N) is 1. The number of phenolic OH excluding ortho intramolecular Hbond substituents is 1. The molecule has 0 fully saturated rings. The summed E-state index contributed by atoms with van der Waals surface area (Å²) in [4.78, 5) is 11.9. The molecule has 0 aliphatic carbocycles. The van der Waals surface area contributed by atoms with E-state index in [4.69, 9.17) is 5.73 Å². The normalized spacial score (nSPS) is 11.5. The third-order valence-corrected chi connectivity index (χ3v) is 4.96. The summed E-state index contributed by atoms with van der Waals surface area (Å²) < 4.78 is 32.6. The average molecular weight is 372 g/mol. The van der Waals surface area contributed by atoms with Crippen LogP contribution in [-0.4, -0.2) is 24.0 Å². The molecule has 0 bridgehead atoms. The summed E-state index contributed by atoms with van der Waals surface area (Å²) in [7, 11) is -4.64. The topological polar surface area (TPSA) is 130 Å². The SMILES string of the molecule is Cc1cc(C(=O)Nc2cc(O)c(S(=O)(=O)O)c3ccccc23)ccc1N. The number of hydrogen-bond donors (Lipinski definition) is 4. The molecule has 7 nitrogen and oxygen atoms in total. The number of benzene rings is 3. The van der Waals surface area contributed by atoms with Crippen molar-refractivity contribution in [2.75, 3.05) is 11.1 Å². The zero-order valence-corrected chi connectivity index (χ0v) is 14.5. The number of carbonyl (C=O) groups excluding carboxylic acids is 1. The Morgan fingerprint density at radius 3 is 2.35 bits per heavy atom. The van der Waals surface area contributed by atoms with Crippen molar-refractivity contribution in [3.8, 4) is 5.75 Å². The number of rotatable bonds is 3. The third-order valence-electron chi connectivity index (χ3n) is 4.01. The fourth-order valence-electron chi connectivity index (χ4n) is 2.72. The third kappa shape index (κ3) is 3.19. The molecule has 3 aromatic rings. The number of hydrogen-bond acceptors (Lipinski definition) is 5. The van der Waals surface area contributed by atoms with Gasteiger partial charge in [-0.05, 0) is 30.7 Å². The van der Waals surface area contributed by atoms with Crippen molar-refractivity contribution < 1.29 is 22.9 Å². The molecular formula is C18H16N2O5S. The van der Waals surface area contributed by atoms with Crippen molar-refractivity contribution in [3.05, 3.63) is 59.7 Å². The highest BCUT2D eigenvalue weighted by Gasteiger charge is 2.22. The Kier molecular flexibility index (Phi) is 4.31. The van der Waals surface area contributed by atoms with E-state index in [9.17, 15) is 22.9 Å². The van der Waals surface area contributed by atoms with E-state index in [1.807, 2.05) is 0 Å². The lowest BCUT2D eigenvalue weighted by Gasteiger charge is -2.13. The molecule has 8 heteroatoms. The molecule has 0 saturated carbocycles. The number of nitrogen functional groups attached to an aromatic ring is 1. The molecule has 26 heavy (non-hydrogen) atoms. The molecule has 0 aliphatic heterocycles. The Morgan fingerprint density at radius 2 is 1.73 bits per heavy atom. The van der Waals surface area contributed by atoms with Gasteiger partial charge in [0.25, 0.3) is 16.0 Å². The van der Waals surface area contributed by atoms with Gasteiger partial charge in [-0.25, -0.2) is 0 Å². The summed E-state index contributed by atoms with van der Waals surface area (Å²) in [5.74, 6) is -1.10. The van der Waals surface area contributed by atoms with Crippen molar-refractivity contribution in [1.29, 1.82) is 0 Å². The summed E-state index contributed by atoms with van der Waals surface area (Å²) in [5.41, 5.74) is 7.62. The van der Waals surface area contributed by atoms with E-state index in [0.29, 0.717) is 16.6 Å². The molecule has 0 atom stereocenters. The van der Waals surface area contributed by atoms with Crippen LogP contribution in [-0.2, 0) is 10.1 Å². The minimum atomic E-state index is -4.64. The molecule has 0 unspecified atom stereocenters. The van der Waals surface area contributed by atoms with Crippen LogP contribution in [0.5, 0.6) is 5.75 Å². The Morgan fingerprint density at radius 1 is 1.08 bits per heavy atom. The Bertz CT molecular complexity index is 1140. The van der Waals surface area contributed by atoms with E-state index in [-0.39, 0.29) is 11.1 Å². The summed E-state index contributed by atoms with van der Waals surface area (Å²) in [6.45, 7) is 1.77. The lowest BCUT2D eigenvalue weighted by Crippen LogP contribution is -2.13. The minimum Gasteiger partial charge on any atom is -0.506 e. The molecule has 0 radical (unpaired) electrons. The van der Waals surface area contributed by atoms with Crippen LogP contribution in [0.4, 0.5) is 11.4 Å². The molecule has 0 aliphatic rings. The molecule has 3 rings (SSSR count). The lowest BCUT2D eigenvalue weighted by molar-refractivity contribution is 0.102. The predicted octanol–water partition coefficient (Wildman–Crippen LogP) is 2.94. The number of aryl methyl sites for hydroxylation is 1. The second-order valence-electron chi connectivity index (χ2n) is 5.82. The highest BCUT2D eigenvalue weighted by molar-refractivity contribution is 7.86. The first kappa shape index (κ1) is 17.7. The maximum Gasteiger partial charge on any atom is 0.298 e. The van der Waals surface area contributed by atoms with Crippen LogP contribution < -0.4 is 11.1 Å². The van der Waals surface area contributed by atoms with Crippen molar-refractivity contribution in [3.63, 3.8) is 0 Å². The molecule has 0 heterocycles. The van der Waals surface area contributed by atoms with Crippen LogP contribution in [0.3, 0.4) is 0 Å². The van der Waals surface area contributed by atoms with Crippen LogP contribution in [0.25, 0.3) is 10.8 Å². The Labute approximate surface area is 149 Å². The summed E-state index contributed by atoms with van der Waals surface area (Å²) >= 11 is 0. The maximum atomic E-state index is 12.5. The number of amides is 1. The zero-order valence-electron chi connectivity index (χ0n) is 13.7. The van der Waals surface area contributed by atoms with Gasteiger partial charge in [0.05, 0.1) is 5.69 Å². The highest BCUT2D eigenvalue weighted by atomic mass is 32.2. The van der Waals surface area contributed by atoms with Crippen LogP contribution >= 0.6 is 0 Å². The maximum absolute atomic E-state index is 12.5. The van der Waals surface area contributed by atoms with Crippen molar-refractivity contribution in [2.45, 2.75) is 11.8 Å². The average Bonchev–Trinajstić information content (AvgIpc) is 2.56. The van der Waals surface area contributed by atoms with Crippen molar-refractivity contribution >= 4 is 38.2 Å². The number of aromatic hydroxyl groups is 1. The van der Waals surface area contributed by atoms with Gasteiger partial charge in [0.15, 0.2) is 0 Å². The van der Waals surface area contributed by atoms with E-state index in [0.717, 1.165) is 11.6 Å². The van der Waals surface area contributed by atoms with Crippen molar-refractivity contribution in [1.82, 2.24) is 0 Å². The van der Waals surface area contributed by atoms with Gasteiger partial charge in [0.2, 0.25) is 0 Å². The molecule has 5 N–H and O–H groups in total. The second-order valence-corrected chi connectivity index (χ2v) is 7.18. The van der Waals surface area contributed by atoms with E-state index < -0.39 is 26.7 Å². The first-order valence-electron chi connectivity index (χ1n) is 7.58. The van der Waals surface area contributed by atoms with Gasteiger partial charge in [-0.15, -0.1) is 0 Å². The quantitative estimate of drug-likeness (QED) is 0.413. The smallest absolute Gasteiger partial charge is 0.298 e. The number of nitrogens with one attached hydrogen (secondary N) is 1. The fourth-order valence-corrected chi connectivity index (χ4v) is 3.50. The van der Waals surface area contributed by atoms with Gasteiger partial charge in [0, 0.05) is 28.1 Å². The standard InChI is InChI=1S/C18H16N2O5S/c1-10-8-11(6-7-14(10)19)18(22)20-15-9-16(21)17(26(23,24)25)13-5-3-2-4-12(13)15/h2-9,21H,19H2,1H3,(H,20,22)(H,23,24,25). The van der Waals surface area contributed by atoms with Crippen LogP contribution in [0.2, 0.25) is 0 Å². The molecule has 0 aromatic heterocycles. The second kappa shape index (κ2) is 6.32. The summed E-state index contributed by atoms with van der Waals surface area (Å²) in [6, 6.07) is 12.1. The predicted molar refractivity (Wildman–Crippen MR) is 99.0 cm³/mol. The fraction of sp³-hybridized carbons (Fsp3) is 0.0556. The monoisotopic (exact) mass is 372 g/mol. The first-order chi connectivity index (χ1) is 12.2. The first-order valence-corrected chi connectivity index (χ1v) is 9.02. The Balaban J connectivity index is 2.12.